The molecule has 0 saturated heterocycles. The third kappa shape index (κ3) is 2.01. The molecule has 0 saturated carbocycles. The van der Waals surface area contributed by atoms with Crippen LogP contribution >= 0.6 is 11.3 Å². The van der Waals surface area contributed by atoms with Gasteiger partial charge in [-0.25, -0.2) is 4.39 Å². The fraction of sp³-hybridized carbons (Fsp3) is 0.500. The van der Waals surface area contributed by atoms with Crippen molar-refractivity contribution in [3.63, 3.8) is 0 Å². The lowest BCUT2D eigenvalue weighted by molar-refractivity contribution is 0.440. The summed E-state index contributed by atoms with van der Waals surface area (Å²) in [4.78, 5) is 2.22. The van der Waals surface area contributed by atoms with E-state index in [0.29, 0.717) is 0 Å². The number of aryl methyl sites for hydroxylation is 1. The summed E-state index contributed by atoms with van der Waals surface area (Å²) in [7, 11) is 0. The van der Waals surface area contributed by atoms with Gasteiger partial charge in [0.05, 0.1) is 6.04 Å². The molecule has 2 N–H and O–H groups in total. The van der Waals surface area contributed by atoms with Crippen LogP contribution in [0.25, 0.3) is 0 Å². The Morgan fingerprint density at radius 2 is 2.36 bits per heavy atom. The van der Waals surface area contributed by atoms with Crippen molar-refractivity contribution in [1.29, 1.82) is 0 Å². The Kier molecular flexibility index (Phi) is 3.02. The molecule has 3 heteroatoms. The molecule has 62 valence electrons. The molecule has 0 aromatic carbocycles. The maximum absolute atomic E-state index is 12.1. The third-order valence-corrected chi connectivity index (χ3v) is 2.92. The van der Waals surface area contributed by atoms with Gasteiger partial charge in [-0.15, -0.1) is 11.3 Å². The van der Waals surface area contributed by atoms with Crippen LogP contribution in [0.5, 0.6) is 0 Å². The Balaban J connectivity index is 2.71. The number of rotatable bonds is 3. The molecule has 0 radical (unpaired) electrons. The van der Waals surface area contributed by atoms with Crippen molar-refractivity contribution in [3.8, 4) is 0 Å². The number of alkyl halides is 1. The van der Waals surface area contributed by atoms with E-state index in [1.54, 1.807) is 11.3 Å². The van der Waals surface area contributed by atoms with Crippen molar-refractivity contribution >= 4 is 11.3 Å². The molecule has 0 spiro atoms. The molecule has 0 bridgehead atoms. The monoisotopic (exact) mass is 173 g/mol. The maximum atomic E-state index is 12.1. The first-order chi connectivity index (χ1) is 5.27. The van der Waals surface area contributed by atoms with Crippen LogP contribution in [0.1, 0.15) is 22.7 Å². The summed E-state index contributed by atoms with van der Waals surface area (Å²) in [6.45, 7) is 1.61. The minimum atomic E-state index is -0.469. The van der Waals surface area contributed by atoms with Gasteiger partial charge in [0.15, 0.2) is 0 Å². The lowest BCUT2D eigenvalue weighted by Crippen LogP contribution is -2.09. The molecular weight excluding hydrogens is 161 g/mol. The van der Waals surface area contributed by atoms with E-state index in [1.807, 2.05) is 12.1 Å². The van der Waals surface area contributed by atoms with Gasteiger partial charge in [0.1, 0.15) is 6.67 Å². The van der Waals surface area contributed by atoms with Crippen LogP contribution in [-0.4, -0.2) is 6.67 Å². The van der Waals surface area contributed by atoms with Gasteiger partial charge in [0.25, 0.3) is 0 Å². The van der Waals surface area contributed by atoms with Crippen LogP contribution in [0.4, 0.5) is 4.39 Å². The molecular formula is C8H12FNS. The van der Waals surface area contributed by atoms with Gasteiger partial charge in [-0.3, -0.25) is 0 Å². The molecule has 1 aromatic heterocycles. The molecule has 0 aliphatic rings. The van der Waals surface area contributed by atoms with E-state index in [1.165, 1.54) is 4.88 Å². The number of thiophene rings is 1. The highest BCUT2D eigenvalue weighted by Gasteiger charge is 2.07. The smallest absolute Gasteiger partial charge is 0.109 e. The van der Waals surface area contributed by atoms with E-state index in [0.717, 1.165) is 11.3 Å². The fourth-order valence-corrected chi connectivity index (χ4v) is 1.79. The standard InChI is InChI=1S/C8H12FNS/c1-2-6-3-4-8(11-6)7(10)5-9/h3-4,7H,2,5,10H2,1H3/t7-/m0/s1. The molecule has 1 atom stereocenters. The second kappa shape index (κ2) is 3.83. The zero-order chi connectivity index (χ0) is 8.27. The lowest BCUT2D eigenvalue weighted by Gasteiger charge is -2.01. The van der Waals surface area contributed by atoms with Crippen LogP contribution in [0, 0.1) is 0 Å². The summed E-state index contributed by atoms with van der Waals surface area (Å²) in [6.07, 6.45) is 1.00. The van der Waals surface area contributed by atoms with Crippen LogP contribution in [0.3, 0.4) is 0 Å². The predicted molar refractivity (Wildman–Crippen MR) is 46.6 cm³/mol. The maximum Gasteiger partial charge on any atom is 0.109 e. The van der Waals surface area contributed by atoms with Crippen LogP contribution in [0.2, 0.25) is 0 Å². The van der Waals surface area contributed by atoms with E-state index in [-0.39, 0.29) is 0 Å². The van der Waals surface area contributed by atoms with Gasteiger partial charge in [0.2, 0.25) is 0 Å². The van der Waals surface area contributed by atoms with Crippen molar-refractivity contribution < 1.29 is 4.39 Å². The first kappa shape index (κ1) is 8.68. The number of halogens is 1. The SMILES string of the molecule is CCc1ccc([C@@H](N)CF)s1. The largest absolute Gasteiger partial charge is 0.321 e. The van der Waals surface area contributed by atoms with Gasteiger partial charge >= 0.3 is 0 Å². The Bertz CT molecular complexity index is 222. The molecule has 0 fully saturated rings. The van der Waals surface area contributed by atoms with Crippen LogP contribution in [-0.2, 0) is 6.42 Å². The van der Waals surface area contributed by atoms with Gasteiger partial charge in [-0.1, -0.05) is 6.92 Å². The quantitative estimate of drug-likeness (QED) is 0.745. The highest BCUT2D eigenvalue weighted by atomic mass is 32.1. The second-order valence-electron chi connectivity index (χ2n) is 2.42. The molecule has 1 rings (SSSR count). The van der Waals surface area contributed by atoms with Crippen molar-refractivity contribution in [3.05, 3.63) is 21.9 Å². The Labute approximate surface area is 70.0 Å². The van der Waals surface area contributed by atoms with Gasteiger partial charge in [0, 0.05) is 9.75 Å². The van der Waals surface area contributed by atoms with E-state index in [4.69, 9.17) is 5.73 Å². The summed E-state index contributed by atoms with van der Waals surface area (Å²) in [5, 5.41) is 0. The lowest BCUT2D eigenvalue weighted by atomic mass is 10.3. The topological polar surface area (TPSA) is 26.0 Å². The van der Waals surface area contributed by atoms with Gasteiger partial charge in [-0.05, 0) is 18.6 Å². The number of nitrogens with two attached hydrogens (primary N) is 1. The molecule has 1 nitrogen and oxygen atoms in total. The summed E-state index contributed by atoms with van der Waals surface area (Å²) >= 11 is 1.60. The van der Waals surface area contributed by atoms with Crippen molar-refractivity contribution in [2.75, 3.05) is 6.67 Å². The summed E-state index contributed by atoms with van der Waals surface area (Å²) < 4.78 is 12.1. The van der Waals surface area contributed by atoms with Crippen LogP contribution < -0.4 is 5.73 Å². The first-order valence-electron chi connectivity index (χ1n) is 3.68. The van der Waals surface area contributed by atoms with Crippen LogP contribution in [0.15, 0.2) is 12.1 Å². The molecule has 1 aromatic rings. The molecule has 0 aliphatic carbocycles. The third-order valence-electron chi connectivity index (χ3n) is 1.56. The molecule has 0 unspecified atom stereocenters. The van der Waals surface area contributed by atoms with Crippen molar-refractivity contribution in [2.45, 2.75) is 19.4 Å². The molecule has 11 heavy (non-hydrogen) atoms. The fourth-order valence-electron chi connectivity index (χ4n) is 0.860. The molecule has 0 aliphatic heterocycles. The molecule has 1 heterocycles. The highest BCUT2D eigenvalue weighted by Crippen LogP contribution is 2.22. The Morgan fingerprint density at radius 1 is 1.64 bits per heavy atom. The average molecular weight is 173 g/mol. The van der Waals surface area contributed by atoms with E-state index < -0.39 is 12.7 Å². The highest BCUT2D eigenvalue weighted by molar-refractivity contribution is 7.12. The van der Waals surface area contributed by atoms with E-state index >= 15 is 0 Å². The zero-order valence-electron chi connectivity index (χ0n) is 6.51. The van der Waals surface area contributed by atoms with E-state index in [2.05, 4.69) is 6.92 Å². The minimum Gasteiger partial charge on any atom is -0.321 e. The average Bonchev–Trinajstić information content (AvgIpc) is 2.50. The van der Waals surface area contributed by atoms with Crippen molar-refractivity contribution in [1.82, 2.24) is 0 Å². The minimum absolute atomic E-state index is 0.416. The predicted octanol–water partition coefficient (Wildman–Crippen LogP) is 2.28. The summed E-state index contributed by atoms with van der Waals surface area (Å²) in [5.74, 6) is 0. The van der Waals surface area contributed by atoms with Gasteiger partial charge < -0.3 is 5.73 Å². The number of hydrogen-bond donors (Lipinski definition) is 1. The summed E-state index contributed by atoms with van der Waals surface area (Å²) in [5.41, 5.74) is 5.50. The summed E-state index contributed by atoms with van der Waals surface area (Å²) in [6, 6.07) is 3.50. The van der Waals surface area contributed by atoms with Gasteiger partial charge in [-0.2, -0.15) is 0 Å². The number of hydrogen-bond acceptors (Lipinski definition) is 2. The molecule has 0 amide bonds. The Hall–Kier alpha value is -0.410. The second-order valence-corrected chi connectivity index (χ2v) is 3.62. The Morgan fingerprint density at radius 3 is 2.82 bits per heavy atom. The first-order valence-corrected chi connectivity index (χ1v) is 4.49. The van der Waals surface area contributed by atoms with Crippen molar-refractivity contribution in [2.24, 2.45) is 5.73 Å². The van der Waals surface area contributed by atoms with E-state index in [9.17, 15) is 4.39 Å². The zero-order valence-corrected chi connectivity index (χ0v) is 7.33. The normalized spacial score (nSPS) is 13.4.